The Morgan fingerprint density at radius 2 is 1.43 bits per heavy atom. The second-order valence-electron chi connectivity index (χ2n) is 9.97. The van der Waals surface area contributed by atoms with Crippen LogP contribution in [0.5, 0.6) is 0 Å². The number of halogens is 2. The monoisotopic (exact) mass is 684 g/mol. The van der Waals surface area contributed by atoms with Crippen LogP contribution < -0.4 is 5.32 Å². The van der Waals surface area contributed by atoms with Crippen LogP contribution in [0.25, 0.3) is 11.1 Å². The van der Waals surface area contributed by atoms with Gasteiger partial charge in [-0.1, -0.05) is 73.1 Å². The molecule has 0 heterocycles. The summed E-state index contributed by atoms with van der Waals surface area (Å²) >= 11 is 5.85. The van der Waals surface area contributed by atoms with Crippen molar-refractivity contribution in [2.75, 3.05) is 5.32 Å². The summed E-state index contributed by atoms with van der Waals surface area (Å²) in [6, 6.07) is 28.4. The summed E-state index contributed by atoms with van der Waals surface area (Å²) in [7, 11) is -0.833. The van der Waals surface area contributed by atoms with Crippen LogP contribution >= 0.6 is 38.5 Å². The summed E-state index contributed by atoms with van der Waals surface area (Å²) in [5.41, 5.74) is 6.71. The first-order chi connectivity index (χ1) is 17.5. The summed E-state index contributed by atoms with van der Waals surface area (Å²) in [5, 5.41) is 2.95. The molecule has 37 heavy (non-hydrogen) atoms. The number of carbonyl (C=O) groups excluding carboxylic acids is 1. The number of anilines is 1. The van der Waals surface area contributed by atoms with Crippen LogP contribution in [-0.4, -0.2) is 6.03 Å². The first kappa shape index (κ1) is 27.7. The van der Waals surface area contributed by atoms with Gasteiger partial charge in [-0.15, -0.1) is 0 Å². The molecule has 4 aromatic carbocycles. The Kier molecular flexibility index (Phi) is 8.71. The van der Waals surface area contributed by atoms with Gasteiger partial charge in [-0.25, -0.2) is 4.79 Å². The molecule has 0 radical (unpaired) electrons. The van der Waals surface area contributed by atoms with Gasteiger partial charge in [0.05, 0.1) is 0 Å². The van der Waals surface area contributed by atoms with Crippen LogP contribution in [0.15, 0.2) is 104 Å². The molecule has 6 heteroatoms. The van der Waals surface area contributed by atoms with Crippen molar-refractivity contribution in [2.45, 2.75) is 49.8 Å². The summed E-state index contributed by atoms with van der Waals surface area (Å²) in [5.74, 6) is 0. The van der Waals surface area contributed by atoms with Gasteiger partial charge >= 0.3 is 6.03 Å². The molecule has 0 fully saturated rings. The number of hydrogen-bond donors (Lipinski definition) is 1. The van der Waals surface area contributed by atoms with E-state index >= 15 is 0 Å². The fourth-order valence-corrected chi connectivity index (χ4v) is 7.04. The summed E-state index contributed by atoms with van der Waals surface area (Å²) in [4.78, 5) is 15.3. The smallest absolute Gasteiger partial charge is 0.306 e. The molecule has 0 aliphatic carbocycles. The lowest BCUT2D eigenvalue weighted by Gasteiger charge is -2.21. The van der Waals surface area contributed by atoms with Crippen LogP contribution in [0.2, 0.25) is 0 Å². The van der Waals surface area contributed by atoms with Gasteiger partial charge in [0.15, 0.2) is 0 Å². The van der Waals surface area contributed by atoms with Gasteiger partial charge in [0, 0.05) is 29.1 Å². The molecule has 1 unspecified atom stereocenters. The Morgan fingerprint density at radius 3 is 2.03 bits per heavy atom. The lowest BCUT2D eigenvalue weighted by molar-refractivity contribution is 0.260. The SMILES string of the molecule is Cc1cccc(I)c1-c1c(C)cccc1S(=NC(=O)Nc1ccc(Br)cc1)c1ccc(C(C)(C)C)cc1. The third kappa shape index (κ3) is 6.59. The van der Waals surface area contributed by atoms with Crippen molar-refractivity contribution < 1.29 is 4.79 Å². The molecule has 0 saturated carbocycles. The number of benzene rings is 4. The largest absolute Gasteiger partial charge is 0.352 e. The Balaban J connectivity index is 1.90. The number of nitrogens with zero attached hydrogens (tertiary/aromatic N) is 1. The fourth-order valence-electron chi connectivity index (χ4n) is 4.15. The first-order valence-corrected chi connectivity index (χ1v) is 15.1. The molecule has 0 bridgehead atoms. The zero-order valence-corrected chi connectivity index (χ0v) is 26.2. The van der Waals surface area contributed by atoms with Gasteiger partial charge < -0.3 is 5.32 Å². The number of aryl methyl sites for hydroxylation is 2. The maximum Gasteiger partial charge on any atom is 0.352 e. The molecule has 0 aliphatic heterocycles. The molecule has 4 aromatic rings. The van der Waals surface area contributed by atoms with Crippen molar-refractivity contribution in [1.82, 2.24) is 0 Å². The van der Waals surface area contributed by atoms with E-state index < -0.39 is 10.7 Å². The van der Waals surface area contributed by atoms with Crippen LogP contribution in [0.4, 0.5) is 10.5 Å². The third-order valence-electron chi connectivity index (χ3n) is 6.13. The van der Waals surface area contributed by atoms with Crippen molar-refractivity contribution in [2.24, 2.45) is 4.36 Å². The number of rotatable bonds is 4. The molecular weight excluding hydrogens is 655 g/mol. The number of carbonyl (C=O) groups is 1. The van der Waals surface area contributed by atoms with Gasteiger partial charge in [-0.2, -0.15) is 4.36 Å². The Bertz CT molecular complexity index is 1450. The van der Waals surface area contributed by atoms with E-state index in [2.05, 4.69) is 139 Å². The number of urea groups is 1. The van der Waals surface area contributed by atoms with E-state index in [1.54, 1.807) is 0 Å². The van der Waals surface area contributed by atoms with Crippen molar-refractivity contribution in [3.63, 3.8) is 0 Å². The van der Waals surface area contributed by atoms with Gasteiger partial charge in [-0.3, -0.25) is 0 Å². The molecule has 190 valence electrons. The minimum Gasteiger partial charge on any atom is -0.306 e. The molecule has 0 aromatic heterocycles. The van der Waals surface area contributed by atoms with Gasteiger partial charge in [-0.05, 0) is 123 Å². The van der Waals surface area contributed by atoms with Crippen LogP contribution in [-0.2, 0) is 16.1 Å². The minimum absolute atomic E-state index is 0.0407. The summed E-state index contributed by atoms with van der Waals surface area (Å²) in [6.45, 7) is 10.9. The lowest BCUT2D eigenvalue weighted by atomic mass is 9.87. The summed E-state index contributed by atoms with van der Waals surface area (Å²) < 4.78 is 6.91. The molecule has 2 amide bonds. The molecule has 3 nitrogen and oxygen atoms in total. The molecule has 0 spiro atoms. The zero-order chi connectivity index (χ0) is 26.7. The second-order valence-corrected chi connectivity index (χ2v) is 13.7. The Morgan fingerprint density at radius 1 is 0.838 bits per heavy atom. The first-order valence-electron chi connectivity index (χ1n) is 12.0. The van der Waals surface area contributed by atoms with E-state index in [9.17, 15) is 4.79 Å². The van der Waals surface area contributed by atoms with Crippen molar-refractivity contribution in [1.29, 1.82) is 0 Å². The van der Waals surface area contributed by atoms with Crippen LogP contribution in [0, 0.1) is 17.4 Å². The molecule has 4 rings (SSSR count). The Hall–Kier alpha value is -2.29. The average molecular weight is 685 g/mol. The van der Waals surface area contributed by atoms with Gasteiger partial charge in [0.2, 0.25) is 0 Å². The predicted molar refractivity (Wildman–Crippen MR) is 169 cm³/mol. The number of amides is 2. The predicted octanol–water partition coefficient (Wildman–Crippen LogP) is 10.1. The number of nitrogens with one attached hydrogen (secondary N) is 1. The van der Waals surface area contributed by atoms with E-state index in [-0.39, 0.29) is 11.4 Å². The molecule has 0 saturated heterocycles. The minimum atomic E-state index is -0.833. The third-order valence-corrected chi connectivity index (χ3v) is 9.38. The van der Waals surface area contributed by atoms with E-state index in [0.717, 1.165) is 25.4 Å². The zero-order valence-electron chi connectivity index (χ0n) is 21.6. The van der Waals surface area contributed by atoms with Crippen molar-refractivity contribution >= 4 is 60.9 Å². The molecule has 0 aliphatic rings. The standard InChI is InChI=1S/C31H30BrIN2OS/c1-20-8-6-10-26(33)28(20)29-21(2)9-7-11-27(29)37(25-18-12-22(13-19-25)31(3,4)5)35-30(36)34-24-16-14-23(32)15-17-24/h6-19H,1-5H3,(H,34,36). The molecule has 1 N–H and O–H groups in total. The highest BCUT2D eigenvalue weighted by molar-refractivity contribution is 14.1. The van der Waals surface area contributed by atoms with E-state index in [4.69, 9.17) is 4.36 Å². The Labute approximate surface area is 244 Å². The average Bonchev–Trinajstić information content (AvgIpc) is 2.84. The van der Waals surface area contributed by atoms with Gasteiger partial charge in [0.25, 0.3) is 0 Å². The quantitative estimate of drug-likeness (QED) is 0.214. The topological polar surface area (TPSA) is 41.5 Å². The van der Waals surface area contributed by atoms with Crippen molar-refractivity contribution in [3.8, 4) is 11.1 Å². The van der Waals surface area contributed by atoms with Crippen LogP contribution in [0.1, 0.15) is 37.5 Å². The van der Waals surface area contributed by atoms with Gasteiger partial charge in [0.1, 0.15) is 0 Å². The lowest BCUT2D eigenvalue weighted by Crippen LogP contribution is -2.12. The number of hydrogen-bond acceptors (Lipinski definition) is 1. The fraction of sp³-hybridized carbons (Fsp3) is 0.194. The normalized spacial score (nSPS) is 12.4. The highest BCUT2D eigenvalue weighted by Gasteiger charge is 2.20. The van der Waals surface area contributed by atoms with E-state index in [1.165, 1.54) is 20.3 Å². The van der Waals surface area contributed by atoms with E-state index in [1.807, 2.05) is 24.3 Å². The van der Waals surface area contributed by atoms with Crippen LogP contribution in [0.3, 0.4) is 0 Å². The second kappa shape index (κ2) is 11.6. The highest BCUT2D eigenvalue weighted by atomic mass is 127. The van der Waals surface area contributed by atoms with Crippen molar-refractivity contribution in [3.05, 3.63) is 110 Å². The maximum absolute atomic E-state index is 13.3. The highest BCUT2D eigenvalue weighted by Crippen LogP contribution is 2.38. The molecular formula is C31H30BrIN2OS. The maximum atomic E-state index is 13.3. The molecule has 1 atom stereocenters. The summed E-state index contributed by atoms with van der Waals surface area (Å²) in [6.07, 6.45) is 0. The van der Waals surface area contributed by atoms with E-state index in [0.29, 0.717) is 5.69 Å².